The van der Waals surface area contributed by atoms with E-state index in [1.807, 2.05) is 13.8 Å². The van der Waals surface area contributed by atoms with Crippen molar-refractivity contribution in [2.45, 2.75) is 52.0 Å². The maximum atomic E-state index is 12.3. The Kier molecular flexibility index (Phi) is 8.99. The second kappa shape index (κ2) is 11.0. The lowest BCUT2D eigenvalue weighted by Gasteiger charge is -2.17. The zero-order chi connectivity index (χ0) is 18.7. The van der Waals surface area contributed by atoms with E-state index in [1.54, 1.807) is 0 Å². The Balaban J connectivity index is 2.65. The number of hydrogen-bond donors (Lipinski definition) is 1. The standard InChI is InChI=1S/C17H24N2O6/c1-3-5-7-15(18-17(21)24-12-6-4-2)16(20)25-14-10-8-13(9-11-14)19(22)23/h8-11,15H,3-7,12H2,1-2H3,(H,18,21). The van der Waals surface area contributed by atoms with E-state index in [-0.39, 0.29) is 11.4 Å². The molecule has 1 aromatic carbocycles. The molecule has 0 aliphatic carbocycles. The number of hydrogen-bond acceptors (Lipinski definition) is 6. The number of ether oxygens (including phenoxy) is 2. The topological polar surface area (TPSA) is 108 Å². The average Bonchev–Trinajstić information content (AvgIpc) is 2.59. The number of nitrogens with one attached hydrogen (secondary N) is 1. The molecule has 1 rings (SSSR count). The van der Waals surface area contributed by atoms with Crippen molar-refractivity contribution in [2.24, 2.45) is 0 Å². The Morgan fingerprint density at radius 2 is 1.80 bits per heavy atom. The minimum Gasteiger partial charge on any atom is -0.450 e. The number of unbranched alkanes of at least 4 members (excludes halogenated alkanes) is 2. The van der Waals surface area contributed by atoms with Gasteiger partial charge in [0.05, 0.1) is 11.5 Å². The summed E-state index contributed by atoms with van der Waals surface area (Å²) in [6.07, 6.45) is 3.00. The van der Waals surface area contributed by atoms with Crippen LogP contribution in [-0.2, 0) is 9.53 Å². The Hall–Kier alpha value is -2.64. The molecule has 138 valence electrons. The van der Waals surface area contributed by atoms with E-state index < -0.39 is 23.0 Å². The van der Waals surface area contributed by atoms with Crippen molar-refractivity contribution >= 4 is 17.7 Å². The Labute approximate surface area is 146 Å². The van der Waals surface area contributed by atoms with E-state index in [9.17, 15) is 19.7 Å². The van der Waals surface area contributed by atoms with Crippen molar-refractivity contribution in [3.05, 3.63) is 34.4 Å². The summed E-state index contributed by atoms with van der Waals surface area (Å²) in [6.45, 7) is 4.24. The molecule has 0 heterocycles. The second-order valence-electron chi connectivity index (χ2n) is 5.50. The fourth-order valence-electron chi connectivity index (χ4n) is 1.97. The molecule has 0 fully saturated rings. The van der Waals surface area contributed by atoms with Crippen LogP contribution >= 0.6 is 0 Å². The first-order valence-corrected chi connectivity index (χ1v) is 8.37. The van der Waals surface area contributed by atoms with Gasteiger partial charge < -0.3 is 14.8 Å². The fourth-order valence-corrected chi connectivity index (χ4v) is 1.97. The number of nitro benzene ring substituents is 1. The van der Waals surface area contributed by atoms with Gasteiger partial charge in [0, 0.05) is 12.1 Å². The van der Waals surface area contributed by atoms with Crippen LogP contribution in [0, 0.1) is 10.1 Å². The highest BCUT2D eigenvalue weighted by Crippen LogP contribution is 2.18. The van der Waals surface area contributed by atoms with Gasteiger partial charge in [0.15, 0.2) is 0 Å². The lowest BCUT2D eigenvalue weighted by Crippen LogP contribution is -2.43. The number of esters is 1. The molecular weight excluding hydrogens is 328 g/mol. The van der Waals surface area contributed by atoms with Gasteiger partial charge in [-0.15, -0.1) is 0 Å². The lowest BCUT2D eigenvalue weighted by molar-refractivity contribution is -0.384. The van der Waals surface area contributed by atoms with Crippen molar-refractivity contribution in [3.63, 3.8) is 0 Å². The molecule has 1 aromatic rings. The van der Waals surface area contributed by atoms with E-state index in [0.29, 0.717) is 13.0 Å². The first-order valence-electron chi connectivity index (χ1n) is 8.37. The summed E-state index contributed by atoms with van der Waals surface area (Å²) in [5.74, 6) is -0.451. The molecule has 1 atom stereocenters. The number of nitrogens with zero attached hydrogens (tertiary/aromatic N) is 1. The van der Waals surface area contributed by atoms with Gasteiger partial charge in [0.25, 0.3) is 5.69 Å². The van der Waals surface area contributed by atoms with Crippen LogP contribution in [0.15, 0.2) is 24.3 Å². The van der Waals surface area contributed by atoms with Gasteiger partial charge in [-0.25, -0.2) is 9.59 Å². The summed E-state index contributed by atoms with van der Waals surface area (Å²) < 4.78 is 10.2. The van der Waals surface area contributed by atoms with Crippen molar-refractivity contribution in [1.82, 2.24) is 5.32 Å². The van der Waals surface area contributed by atoms with Gasteiger partial charge in [0.1, 0.15) is 11.8 Å². The summed E-state index contributed by atoms with van der Waals surface area (Å²) in [5, 5.41) is 13.1. The minimum absolute atomic E-state index is 0.0973. The summed E-state index contributed by atoms with van der Waals surface area (Å²) in [6, 6.07) is 4.34. The molecule has 1 unspecified atom stereocenters. The Morgan fingerprint density at radius 1 is 1.16 bits per heavy atom. The fraction of sp³-hybridized carbons (Fsp3) is 0.529. The van der Waals surface area contributed by atoms with E-state index in [4.69, 9.17) is 9.47 Å². The van der Waals surface area contributed by atoms with Gasteiger partial charge in [-0.05, 0) is 25.0 Å². The number of benzene rings is 1. The summed E-state index contributed by atoms with van der Waals surface area (Å²) >= 11 is 0. The van der Waals surface area contributed by atoms with Crippen LogP contribution in [0.25, 0.3) is 0 Å². The van der Waals surface area contributed by atoms with Crippen molar-refractivity contribution in [3.8, 4) is 5.75 Å². The van der Waals surface area contributed by atoms with Gasteiger partial charge in [-0.2, -0.15) is 0 Å². The number of rotatable bonds is 10. The molecule has 0 radical (unpaired) electrons. The third kappa shape index (κ3) is 7.65. The van der Waals surface area contributed by atoms with Crippen LogP contribution in [0.5, 0.6) is 5.75 Å². The average molecular weight is 352 g/mol. The Bertz CT molecular complexity index is 573. The van der Waals surface area contributed by atoms with Crippen molar-refractivity contribution in [1.29, 1.82) is 0 Å². The Morgan fingerprint density at radius 3 is 2.36 bits per heavy atom. The molecule has 1 amide bonds. The number of non-ortho nitro benzene ring substituents is 1. The highest BCUT2D eigenvalue weighted by atomic mass is 16.6. The molecule has 0 aromatic heterocycles. The van der Waals surface area contributed by atoms with E-state index in [2.05, 4.69) is 5.32 Å². The van der Waals surface area contributed by atoms with Crippen LogP contribution < -0.4 is 10.1 Å². The van der Waals surface area contributed by atoms with Crippen LogP contribution in [0.3, 0.4) is 0 Å². The third-order valence-electron chi connectivity index (χ3n) is 3.42. The lowest BCUT2D eigenvalue weighted by atomic mass is 10.1. The highest BCUT2D eigenvalue weighted by Gasteiger charge is 2.23. The predicted molar refractivity (Wildman–Crippen MR) is 91.4 cm³/mol. The normalized spacial score (nSPS) is 11.4. The molecule has 8 nitrogen and oxygen atoms in total. The van der Waals surface area contributed by atoms with E-state index in [1.165, 1.54) is 24.3 Å². The van der Waals surface area contributed by atoms with Crippen LogP contribution in [0.2, 0.25) is 0 Å². The van der Waals surface area contributed by atoms with Crippen LogP contribution in [0.4, 0.5) is 10.5 Å². The van der Waals surface area contributed by atoms with Gasteiger partial charge >= 0.3 is 12.1 Å². The highest BCUT2D eigenvalue weighted by molar-refractivity contribution is 5.82. The first kappa shape index (κ1) is 20.4. The van der Waals surface area contributed by atoms with Crippen molar-refractivity contribution in [2.75, 3.05) is 6.61 Å². The molecule has 1 N–H and O–H groups in total. The quantitative estimate of drug-likeness (QED) is 0.227. The number of nitro groups is 1. The zero-order valence-electron chi connectivity index (χ0n) is 14.5. The van der Waals surface area contributed by atoms with Crippen LogP contribution in [0.1, 0.15) is 46.0 Å². The number of carbonyl (C=O) groups is 2. The van der Waals surface area contributed by atoms with Gasteiger partial charge in [-0.1, -0.05) is 33.1 Å². The summed E-state index contributed by atoms with van der Waals surface area (Å²) in [4.78, 5) is 34.1. The smallest absolute Gasteiger partial charge is 0.407 e. The number of carbonyl (C=O) groups excluding carboxylic acids is 2. The monoisotopic (exact) mass is 352 g/mol. The molecule has 0 saturated heterocycles. The van der Waals surface area contributed by atoms with Gasteiger partial charge in [-0.3, -0.25) is 10.1 Å². The van der Waals surface area contributed by atoms with Crippen molar-refractivity contribution < 1.29 is 24.0 Å². The molecular formula is C17H24N2O6. The molecule has 0 bridgehead atoms. The minimum atomic E-state index is -0.829. The molecule has 8 heteroatoms. The largest absolute Gasteiger partial charge is 0.450 e. The maximum absolute atomic E-state index is 12.3. The molecule has 0 saturated carbocycles. The molecule has 25 heavy (non-hydrogen) atoms. The van der Waals surface area contributed by atoms with E-state index >= 15 is 0 Å². The van der Waals surface area contributed by atoms with Crippen LogP contribution in [-0.4, -0.2) is 29.6 Å². The SMILES string of the molecule is CCCCOC(=O)NC(CCCC)C(=O)Oc1ccc([N+](=O)[O-])cc1. The summed E-state index contributed by atoms with van der Waals surface area (Å²) in [7, 11) is 0. The van der Waals surface area contributed by atoms with E-state index in [0.717, 1.165) is 25.7 Å². The predicted octanol–water partition coefficient (Wildman–Crippen LogP) is 3.59. The summed E-state index contributed by atoms with van der Waals surface area (Å²) in [5.41, 5.74) is -0.0973. The number of amides is 1. The first-order chi connectivity index (χ1) is 12.0. The molecule has 0 spiro atoms. The molecule has 0 aliphatic heterocycles. The third-order valence-corrected chi connectivity index (χ3v) is 3.42. The second-order valence-corrected chi connectivity index (χ2v) is 5.50. The zero-order valence-corrected chi connectivity index (χ0v) is 14.5. The number of alkyl carbamates (subject to hydrolysis) is 1. The molecule has 0 aliphatic rings. The maximum Gasteiger partial charge on any atom is 0.407 e. The van der Waals surface area contributed by atoms with Gasteiger partial charge in [0.2, 0.25) is 0 Å².